The standard InChI is InChI=1S/C15H20N2O4/c1-2-10-4-3-5-11(6-10)16-12-7-14-15(21-9-20-14)8-13(12)17(18)19/h7-8,10-11,16H,2-6,9H2,1H3. The maximum Gasteiger partial charge on any atom is 0.296 e. The number of ether oxygens (including phenoxy) is 2. The van der Waals surface area contributed by atoms with Crippen molar-refractivity contribution in [3.63, 3.8) is 0 Å². The van der Waals surface area contributed by atoms with Gasteiger partial charge in [0.15, 0.2) is 11.5 Å². The quantitative estimate of drug-likeness (QED) is 0.676. The van der Waals surface area contributed by atoms with E-state index < -0.39 is 0 Å². The third-order valence-electron chi connectivity index (χ3n) is 4.41. The molecule has 1 fully saturated rings. The zero-order chi connectivity index (χ0) is 14.8. The molecular weight excluding hydrogens is 272 g/mol. The number of hydrogen-bond acceptors (Lipinski definition) is 5. The van der Waals surface area contributed by atoms with Crippen molar-refractivity contribution in [3.8, 4) is 11.5 Å². The molecule has 2 unspecified atom stereocenters. The fourth-order valence-electron chi connectivity index (χ4n) is 3.21. The zero-order valence-electron chi connectivity index (χ0n) is 12.1. The van der Waals surface area contributed by atoms with Gasteiger partial charge in [0.05, 0.1) is 11.0 Å². The van der Waals surface area contributed by atoms with Gasteiger partial charge in [-0.3, -0.25) is 10.1 Å². The monoisotopic (exact) mass is 292 g/mol. The lowest BCUT2D eigenvalue weighted by atomic mass is 9.84. The van der Waals surface area contributed by atoms with Gasteiger partial charge in [-0.25, -0.2) is 0 Å². The molecule has 114 valence electrons. The lowest BCUT2D eigenvalue weighted by Gasteiger charge is -2.29. The van der Waals surface area contributed by atoms with Crippen LogP contribution in [0.4, 0.5) is 11.4 Å². The number of benzene rings is 1. The summed E-state index contributed by atoms with van der Waals surface area (Å²) in [4.78, 5) is 10.9. The van der Waals surface area contributed by atoms with Gasteiger partial charge in [0.25, 0.3) is 5.69 Å². The van der Waals surface area contributed by atoms with Crippen molar-refractivity contribution in [1.82, 2.24) is 0 Å². The molecular formula is C15H20N2O4. The first-order valence-corrected chi connectivity index (χ1v) is 7.52. The minimum absolute atomic E-state index is 0.0536. The van der Waals surface area contributed by atoms with E-state index in [1.807, 2.05) is 0 Å². The fourth-order valence-corrected chi connectivity index (χ4v) is 3.21. The van der Waals surface area contributed by atoms with Gasteiger partial charge in [-0.05, 0) is 18.8 Å². The normalized spacial score (nSPS) is 23.9. The van der Waals surface area contributed by atoms with Crippen molar-refractivity contribution in [2.45, 2.75) is 45.1 Å². The Morgan fingerprint density at radius 1 is 1.33 bits per heavy atom. The molecule has 0 saturated heterocycles. The van der Waals surface area contributed by atoms with E-state index in [2.05, 4.69) is 12.2 Å². The number of anilines is 1. The first-order valence-electron chi connectivity index (χ1n) is 7.52. The SMILES string of the molecule is CCC1CCCC(Nc2cc3c(cc2[N+](=O)[O-])OCO3)C1. The Morgan fingerprint density at radius 3 is 2.81 bits per heavy atom. The molecule has 1 saturated carbocycles. The summed E-state index contributed by atoms with van der Waals surface area (Å²) in [6, 6.07) is 3.43. The smallest absolute Gasteiger partial charge is 0.296 e. The molecule has 6 heteroatoms. The maximum absolute atomic E-state index is 11.3. The number of nitro benzene ring substituents is 1. The Morgan fingerprint density at radius 2 is 2.10 bits per heavy atom. The molecule has 1 heterocycles. The van der Waals surface area contributed by atoms with Crippen molar-refractivity contribution in [2.24, 2.45) is 5.92 Å². The van der Waals surface area contributed by atoms with Gasteiger partial charge < -0.3 is 14.8 Å². The number of nitrogens with one attached hydrogen (secondary N) is 1. The molecule has 2 atom stereocenters. The van der Waals surface area contributed by atoms with E-state index in [0.717, 1.165) is 12.8 Å². The topological polar surface area (TPSA) is 73.6 Å². The number of rotatable bonds is 4. The van der Waals surface area contributed by atoms with E-state index >= 15 is 0 Å². The summed E-state index contributed by atoms with van der Waals surface area (Å²) in [6.07, 6.45) is 5.73. The van der Waals surface area contributed by atoms with Crippen LogP contribution in [0.1, 0.15) is 39.0 Å². The average molecular weight is 292 g/mol. The highest BCUT2D eigenvalue weighted by molar-refractivity contribution is 5.69. The first-order chi connectivity index (χ1) is 10.2. The average Bonchev–Trinajstić information content (AvgIpc) is 2.93. The molecule has 6 nitrogen and oxygen atoms in total. The van der Waals surface area contributed by atoms with Crippen molar-refractivity contribution in [3.05, 3.63) is 22.2 Å². The van der Waals surface area contributed by atoms with Crippen molar-refractivity contribution >= 4 is 11.4 Å². The number of hydrogen-bond donors (Lipinski definition) is 1. The van der Waals surface area contributed by atoms with Crippen molar-refractivity contribution < 1.29 is 14.4 Å². The van der Waals surface area contributed by atoms with Crippen LogP contribution in [0.3, 0.4) is 0 Å². The Kier molecular flexibility index (Phi) is 3.86. The number of fused-ring (bicyclic) bond motifs is 1. The molecule has 2 aliphatic rings. The van der Waals surface area contributed by atoms with Crippen LogP contribution in [0.2, 0.25) is 0 Å². The van der Waals surface area contributed by atoms with Crippen LogP contribution in [0.15, 0.2) is 12.1 Å². The maximum atomic E-state index is 11.3. The second-order valence-electron chi connectivity index (χ2n) is 5.76. The van der Waals surface area contributed by atoms with E-state index in [-0.39, 0.29) is 17.4 Å². The third kappa shape index (κ3) is 2.89. The van der Waals surface area contributed by atoms with Crippen molar-refractivity contribution in [1.29, 1.82) is 0 Å². The Bertz CT molecular complexity index is 547. The molecule has 0 bridgehead atoms. The summed E-state index contributed by atoms with van der Waals surface area (Å²) >= 11 is 0. The first kappa shape index (κ1) is 14.0. The molecule has 0 aromatic heterocycles. The van der Waals surface area contributed by atoms with E-state index in [1.54, 1.807) is 6.07 Å². The van der Waals surface area contributed by atoms with Gasteiger partial charge in [-0.1, -0.05) is 26.2 Å². The lowest BCUT2D eigenvalue weighted by molar-refractivity contribution is -0.384. The van der Waals surface area contributed by atoms with Gasteiger partial charge in [0.1, 0.15) is 5.69 Å². The van der Waals surface area contributed by atoms with Crippen LogP contribution in [-0.2, 0) is 0 Å². The summed E-state index contributed by atoms with van der Waals surface area (Å²) in [6.45, 7) is 2.33. The van der Waals surface area contributed by atoms with Crippen LogP contribution in [0.25, 0.3) is 0 Å². The summed E-state index contributed by atoms with van der Waals surface area (Å²) in [5, 5.41) is 14.6. The van der Waals surface area contributed by atoms with Crippen LogP contribution in [-0.4, -0.2) is 17.8 Å². The molecule has 1 aromatic carbocycles. The summed E-state index contributed by atoms with van der Waals surface area (Å²) in [7, 11) is 0. The molecule has 21 heavy (non-hydrogen) atoms. The highest BCUT2D eigenvalue weighted by Crippen LogP contribution is 2.41. The second-order valence-corrected chi connectivity index (χ2v) is 5.76. The number of nitro groups is 1. The summed E-state index contributed by atoms with van der Waals surface area (Å²) < 4.78 is 10.5. The van der Waals surface area contributed by atoms with Crippen LogP contribution >= 0.6 is 0 Å². The van der Waals surface area contributed by atoms with E-state index in [4.69, 9.17) is 9.47 Å². The van der Waals surface area contributed by atoms with Crippen LogP contribution in [0.5, 0.6) is 11.5 Å². The molecule has 1 N–H and O–H groups in total. The van der Waals surface area contributed by atoms with Gasteiger partial charge >= 0.3 is 0 Å². The predicted octanol–water partition coefficient (Wildman–Crippen LogP) is 3.70. The molecule has 0 spiro atoms. The van der Waals surface area contributed by atoms with Crippen LogP contribution < -0.4 is 14.8 Å². The number of nitrogens with zero attached hydrogens (tertiary/aromatic N) is 1. The minimum Gasteiger partial charge on any atom is -0.454 e. The van der Waals surface area contributed by atoms with Gasteiger partial charge in [0.2, 0.25) is 6.79 Å². The Hall–Kier alpha value is -1.98. The van der Waals surface area contributed by atoms with E-state index in [0.29, 0.717) is 29.1 Å². The van der Waals surface area contributed by atoms with Gasteiger partial charge in [0, 0.05) is 12.1 Å². The highest BCUT2D eigenvalue weighted by atomic mass is 16.7. The zero-order valence-corrected chi connectivity index (χ0v) is 12.1. The van der Waals surface area contributed by atoms with Crippen molar-refractivity contribution in [2.75, 3.05) is 12.1 Å². The molecule has 0 radical (unpaired) electrons. The second kappa shape index (κ2) is 5.79. The molecule has 1 aliphatic heterocycles. The molecule has 1 aliphatic carbocycles. The third-order valence-corrected chi connectivity index (χ3v) is 4.41. The minimum atomic E-state index is -0.371. The van der Waals surface area contributed by atoms with Gasteiger partial charge in [-0.15, -0.1) is 0 Å². The summed E-state index contributed by atoms with van der Waals surface area (Å²) in [5.41, 5.74) is 0.587. The Balaban J connectivity index is 1.82. The predicted molar refractivity (Wildman–Crippen MR) is 78.9 cm³/mol. The molecule has 0 amide bonds. The summed E-state index contributed by atoms with van der Waals surface area (Å²) in [5.74, 6) is 1.73. The fraction of sp³-hybridized carbons (Fsp3) is 0.600. The Labute approximate surface area is 123 Å². The largest absolute Gasteiger partial charge is 0.454 e. The molecule has 3 rings (SSSR count). The molecule has 1 aromatic rings. The highest BCUT2D eigenvalue weighted by Gasteiger charge is 2.27. The lowest BCUT2D eigenvalue weighted by Crippen LogP contribution is -2.27. The van der Waals surface area contributed by atoms with E-state index in [1.165, 1.54) is 25.3 Å². The van der Waals surface area contributed by atoms with Crippen LogP contribution in [0, 0.1) is 16.0 Å². The van der Waals surface area contributed by atoms with Gasteiger partial charge in [-0.2, -0.15) is 0 Å². The van der Waals surface area contributed by atoms with E-state index in [9.17, 15) is 10.1 Å².